The van der Waals surface area contributed by atoms with Crippen molar-refractivity contribution in [3.63, 3.8) is 0 Å². The summed E-state index contributed by atoms with van der Waals surface area (Å²) in [5.41, 5.74) is 2.77. The van der Waals surface area contributed by atoms with Crippen LogP contribution in [0.5, 0.6) is 0 Å². The summed E-state index contributed by atoms with van der Waals surface area (Å²) in [6.45, 7) is 4.06. The van der Waals surface area contributed by atoms with E-state index >= 15 is 0 Å². The minimum Gasteiger partial charge on any atom is -0.372 e. The van der Waals surface area contributed by atoms with Crippen molar-refractivity contribution in [2.75, 3.05) is 18.0 Å². The summed E-state index contributed by atoms with van der Waals surface area (Å²) in [4.78, 5) is 19.5. The molecule has 5 heteroatoms. The SMILES string of the molecule is Cc1nc2ccccc2c(=O)n1N=Cc1ccc(N2CCCCC2)cc1. The zero-order valence-electron chi connectivity index (χ0n) is 14.9. The molecule has 0 spiro atoms. The van der Waals surface area contributed by atoms with Crippen LogP contribution < -0.4 is 10.5 Å². The van der Waals surface area contributed by atoms with Gasteiger partial charge in [-0.05, 0) is 56.0 Å². The maximum atomic E-state index is 12.6. The van der Waals surface area contributed by atoms with Crippen LogP contribution in [0.3, 0.4) is 0 Å². The lowest BCUT2D eigenvalue weighted by atomic mass is 10.1. The third-order valence-electron chi connectivity index (χ3n) is 4.85. The van der Waals surface area contributed by atoms with Crippen LogP contribution in [-0.4, -0.2) is 29.0 Å². The summed E-state index contributed by atoms with van der Waals surface area (Å²) in [7, 11) is 0. The highest BCUT2D eigenvalue weighted by Gasteiger charge is 2.10. The molecule has 0 aliphatic carbocycles. The molecule has 1 aliphatic rings. The molecule has 0 bridgehead atoms. The van der Waals surface area contributed by atoms with Crippen LogP contribution in [0.15, 0.2) is 58.4 Å². The molecule has 1 aromatic heterocycles. The van der Waals surface area contributed by atoms with E-state index < -0.39 is 0 Å². The van der Waals surface area contributed by atoms with Crippen LogP contribution in [0.25, 0.3) is 10.9 Å². The second-order valence-corrected chi connectivity index (χ2v) is 6.68. The van der Waals surface area contributed by atoms with E-state index in [1.54, 1.807) is 19.2 Å². The highest BCUT2D eigenvalue weighted by Crippen LogP contribution is 2.19. The average molecular weight is 346 g/mol. The lowest BCUT2D eigenvalue weighted by Crippen LogP contribution is -2.29. The van der Waals surface area contributed by atoms with Gasteiger partial charge in [0, 0.05) is 18.8 Å². The molecule has 0 N–H and O–H groups in total. The Morgan fingerprint density at radius 3 is 2.50 bits per heavy atom. The lowest BCUT2D eigenvalue weighted by molar-refractivity contribution is 0.578. The van der Waals surface area contributed by atoms with E-state index in [0.717, 1.165) is 18.7 Å². The Hall–Kier alpha value is -2.95. The molecular weight excluding hydrogens is 324 g/mol. The lowest BCUT2D eigenvalue weighted by Gasteiger charge is -2.28. The standard InChI is InChI=1S/C21H22N4O/c1-16-23-20-8-4-3-7-19(20)21(26)25(16)22-15-17-9-11-18(12-10-17)24-13-5-2-6-14-24/h3-4,7-12,15H,2,5-6,13-14H2,1H3. The predicted molar refractivity (Wildman–Crippen MR) is 106 cm³/mol. The quantitative estimate of drug-likeness (QED) is 0.681. The van der Waals surface area contributed by atoms with Crippen molar-refractivity contribution < 1.29 is 0 Å². The Balaban J connectivity index is 1.60. The number of aromatic nitrogens is 2. The van der Waals surface area contributed by atoms with Gasteiger partial charge in [-0.2, -0.15) is 9.78 Å². The zero-order chi connectivity index (χ0) is 17.9. The molecule has 1 fully saturated rings. The van der Waals surface area contributed by atoms with E-state index in [9.17, 15) is 4.79 Å². The molecule has 5 nitrogen and oxygen atoms in total. The van der Waals surface area contributed by atoms with E-state index in [1.165, 1.54) is 29.6 Å². The highest BCUT2D eigenvalue weighted by molar-refractivity contribution is 5.81. The van der Waals surface area contributed by atoms with Crippen molar-refractivity contribution in [2.24, 2.45) is 5.10 Å². The average Bonchev–Trinajstić information content (AvgIpc) is 2.69. The number of aryl methyl sites for hydroxylation is 1. The van der Waals surface area contributed by atoms with Crippen LogP contribution in [0.4, 0.5) is 5.69 Å². The number of hydrogen-bond donors (Lipinski definition) is 0. The molecule has 0 atom stereocenters. The number of piperidine rings is 1. The first kappa shape index (κ1) is 16.5. The monoisotopic (exact) mass is 346 g/mol. The molecule has 0 saturated carbocycles. The summed E-state index contributed by atoms with van der Waals surface area (Å²) in [5.74, 6) is 0.579. The fraction of sp³-hybridized carbons (Fsp3) is 0.286. The predicted octanol–water partition coefficient (Wildman–Crippen LogP) is 3.58. The van der Waals surface area contributed by atoms with Crippen LogP contribution in [0.1, 0.15) is 30.7 Å². The van der Waals surface area contributed by atoms with Crippen molar-refractivity contribution >= 4 is 22.8 Å². The number of nitrogens with zero attached hydrogens (tertiary/aromatic N) is 4. The van der Waals surface area contributed by atoms with Gasteiger partial charge in [0.25, 0.3) is 5.56 Å². The Morgan fingerprint density at radius 1 is 1.00 bits per heavy atom. The van der Waals surface area contributed by atoms with Gasteiger partial charge in [0.15, 0.2) is 0 Å². The Bertz CT molecular complexity index is 999. The van der Waals surface area contributed by atoms with Crippen LogP contribution in [0, 0.1) is 6.92 Å². The van der Waals surface area contributed by atoms with Crippen molar-refractivity contribution in [1.82, 2.24) is 9.66 Å². The van der Waals surface area contributed by atoms with E-state index in [2.05, 4.69) is 27.1 Å². The second-order valence-electron chi connectivity index (χ2n) is 6.68. The number of benzene rings is 2. The van der Waals surface area contributed by atoms with E-state index in [-0.39, 0.29) is 5.56 Å². The summed E-state index contributed by atoms with van der Waals surface area (Å²) in [6, 6.07) is 15.7. The Labute approximate surface area is 152 Å². The van der Waals surface area contributed by atoms with Crippen molar-refractivity contribution in [3.8, 4) is 0 Å². The Kier molecular flexibility index (Phi) is 4.52. The number of hydrogen-bond acceptors (Lipinski definition) is 4. The first-order chi connectivity index (χ1) is 12.7. The molecule has 0 amide bonds. The number of rotatable bonds is 3. The van der Waals surface area contributed by atoms with Gasteiger partial charge < -0.3 is 4.90 Å². The summed E-state index contributed by atoms with van der Waals surface area (Å²) < 4.78 is 1.36. The maximum Gasteiger partial charge on any atom is 0.282 e. The topological polar surface area (TPSA) is 50.5 Å². The van der Waals surface area contributed by atoms with Crippen LogP contribution in [-0.2, 0) is 0 Å². The zero-order valence-corrected chi connectivity index (χ0v) is 14.9. The minimum absolute atomic E-state index is 0.144. The van der Waals surface area contributed by atoms with Gasteiger partial charge in [0.05, 0.1) is 17.1 Å². The fourth-order valence-corrected chi connectivity index (χ4v) is 3.42. The van der Waals surface area contributed by atoms with Crippen LogP contribution >= 0.6 is 0 Å². The third kappa shape index (κ3) is 3.25. The van der Waals surface area contributed by atoms with Gasteiger partial charge >= 0.3 is 0 Å². The number of fused-ring (bicyclic) bond motifs is 1. The molecule has 2 heterocycles. The van der Waals surface area contributed by atoms with Crippen molar-refractivity contribution in [2.45, 2.75) is 26.2 Å². The first-order valence-electron chi connectivity index (χ1n) is 9.10. The van der Waals surface area contributed by atoms with E-state index in [4.69, 9.17) is 0 Å². The van der Waals surface area contributed by atoms with Crippen molar-refractivity contribution in [1.29, 1.82) is 0 Å². The molecule has 4 rings (SSSR count). The Morgan fingerprint density at radius 2 is 1.73 bits per heavy atom. The second kappa shape index (κ2) is 7.12. The summed E-state index contributed by atoms with van der Waals surface area (Å²) in [6.07, 6.45) is 5.57. The smallest absolute Gasteiger partial charge is 0.282 e. The maximum absolute atomic E-state index is 12.6. The van der Waals surface area contributed by atoms with Gasteiger partial charge in [-0.25, -0.2) is 4.98 Å². The molecule has 1 aliphatic heterocycles. The van der Waals surface area contributed by atoms with Gasteiger partial charge in [0.2, 0.25) is 0 Å². The van der Waals surface area contributed by atoms with Gasteiger partial charge in [0.1, 0.15) is 5.82 Å². The molecular formula is C21H22N4O. The van der Waals surface area contributed by atoms with Gasteiger partial charge in [-0.15, -0.1) is 0 Å². The van der Waals surface area contributed by atoms with Crippen LogP contribution in [0.2, 0.25) is 0 Å². The number of anilines is 1. The molecule has 0 radical (unpaired) electrons. The minimum atomic E-state index is -0.144. The molecule has 2 aromatic carbocycles. The third-order valence-corrected chi connectivity index (χ3v) is 4.85. The molecule has 0 unspecified atom stereocenters. The first-order valence-corrected chi connectivity index (χ1v) is 9.10. The summed E-state index contributed by atoms with van der Waals surface area (Å²) >= 11 is 0. The molecule has 3 aromatic rings. The largest absolute Gasteiger partial charge is 0.372 e. The summed E-state index contributed by atoms with van der Waals surface area (Å²) in [5, 5.41) is 4.95. The van der Waals surface area contributed by atoms with Gasteiger partial charge in [-0.1, -0.05) is 24.3 Å². The number of para-hydroxylation sites is 1. The van der Waals surface area contributed by atoms with E-state index in [1.807, 2.05) is 30.3 Å². The van der Waals surface area contributed by atoms with Gasteiger partial charge in [-0.3, -0.25) is 4.79 Å². The van der Waals surface area contributed by atoms with Crippen molar-refractivity contribution in [3.05, 3.63) is 70.3 Å². The fourth-order valence-electron chi connectivity index (χ4n) is 3.42. The highest BCUT2D eigenvalue weighted by atomic mass is 16.1. The normalized spacial score (nSPS) is 15.0. The molecule has 1 saturated heterocycles. The molecule has 132 valence electrons. The van der Waals surface area contributed by atoms with E-state index in [0.29, 0.717) is 16.7 Å². The molecule has 26 heavy (non-hydrogen) atoms.